The van der Waals surface area contributed by atoms with Gasteiger partial charge in [0, 0.05) is 19.2 Å². The highest BCUT2D eigenvalue weighted by atomic mass is 32.1. The van der Waals surface area contributed by atoms with Gasteiger partial charge in [0.2, 0.25) is 11.8 Å². The maximum atomic E-state index is 12.2. The van der Waals surface area contributed by atoms with E-state index < -0.39 is 6.04 Å². The molecular formula is C11H20N2O3S. The molecule has 1 fully saturated rings. The molecule has 1 aliphatic rings. The number of nitrogens with zero attached hydrogens (tertiary/aromatic N) is 1. The molecule has 0 radical (unpaired) electrons. The van der Waals surface area contributed by atoms with Crippen molar-refractivity contribution in [2.45, 2.75) is 39.0 Å². The molecule has 2 amide bonds. The van der Waals surface area contributed by atoms with Gasteiger partial charge in [-0.05, 0) is 13.8 Å². The molecule has 0 aromatic carbocycles. The Kier molecular flexibility index (Phi) is 5.27. The highest BCUT2D eigenvalue weighted by Gasteiger charge is 2.31. The first-order valence-corrected chi connectivity index (χ1v) is 6.39. The average molecular weight is 260 g/mol. The van der Waals surface area contributed by atoms with Crippen LogP contribution < -0.4 is 5.32 Å². The summed E-state index contributed by atoms with van der Waals surface area (Å²) in [5.41, 5.74) is 0. The Morgan fingerprint density at radius 2 is 2.18 bits per heavy atom. The molecule has 3 unspecified atom stereocenters. The van der Waals surface area contributed by atoms with Crippen molar-refractivity contribution >= 4 is 24.4 Å². The first-order valence-electron chi connectivity index (χ1n) is 5.75. The second kappa shape index (κ2) is 6.26. The summed E-state index contributed by atoms with van der Waals surface area (Å²) < 4.78 is 5.46. The maximum absolute atomic E-state index is 12.2. The van der Waals surface area contributed by atoms with E-state index in [-0.39, 0.29) is 24.0 Å². The van der Waals surface area contributed by atoms with Gasteiger partial charge in [-0.3, -0.25) is 9.59 Å². The summed E-state index contributed by atoms with van der Waals surface area (Å²) in [5, 5.41) is 2.61. The molecule has 98 valence electrons. The minimum Gasteiger partial charge on any atom is -0.375 e. The smallest absolute Gasteiger partial charge is 0.246 e. The average Bonchev–Trinajstić information content (AvgIpc) is 2.28. The van der Waals surface area contributed by atoms with Gasteiger partial charge in [0.15, 0.2) is 0 Å². The van der Waals surface area contributed by atoms with E-state index in [0.717, 1.165) is 0 Å². The number of morpholine rings is 1. The summed E-state index contributed by atoms with van der Waals surface area (Å²) >= 11 is 4.11. The van der Waals surface area contributed by atoms with Crippen LogP contribution in [0, 0.1) is 0 Å². The van der Waals surface area contributed by atoms with E-state index in [9.17, 15) is 9.59 Å². The summed E-state index contributed by atoms with van der Waals surface area (Å²) in [6, 6.07) is -0.515. The molecular weight excluding hydrogens is 240 g/mol. The highest BCUT2D eigenvalue weighted by Crippen LogP contribution is 2.13. The van der Waals surface area contributed by atoms with E-state index in [1.807, 2.05) is 13.8 Å². The summed E-state index contributed by atoms with van der Waals surface area (Å²) in [5.74, 6) is 0.000795. The third kappa shape index (κ3) is 3.89. The van der Waals surface area contributed by atoms with Crippen molar-refractivity contribution in [1.29, 1.82) is 0 Å². The normalized spacial score (nSPS) is 26.5. The van der Waals surface area contributed by atoms with Crippen molar-refractivity contribution in [2.75, 3.05) is 18.9 Å². The van der Waals surface area contributed by atoms with E-state index in [4.69, 9.17) is 4.74 Å². The molecule has 17 heavy (non-hydrogen) atoms. The molecule has 0 spiro atoms. The first-order chi connectivity index (χ1) is 7.95. The minimum absolute atomic E-state index is 0.0352. The lowest BCUT2D eigenvalue weighted by molar-refractivity contribution is -0.146. The molecule has 5 nitrogen and oxygen atoms in total. The fourth-order valence-electron chi connectivity index (χ4n) is 1.84. The number of hydrogen-bond acceptors (Lipinski definition) is 4. The van der Waals surface area contributed by atoms with Crippen LogP contribution in [0.15, 0.2) is 0 Å². The zero-order chi connectivity index (χ0) is 13.0. The number of ether oxygens (including phenoxy) is 1. The summed E-state index contributed by atoms with van der Waals surface area (Å²) in [4.78, 5) is 25.0. The van der Waals surface area contributed by atoms with Crippen molar-refractivity contribution < 1.29 is 14.3 Å². The van der Waals surface area contributed by atoms with Crippen LogP contribution in [0.25, 0.3) is 0 Å². The topological polar surface area (TPSA) is 58.6 Å². The van der Waals surface area contributed by atoms with Gasteiger partial charge < -0.3 is 15.0 Å². The molecule has 0 aliphatic carbocycles. The van der Waals surface area contributed by atoms with E-state index in [1.165, 1.54) is 6.92 Å². The number of nitrogens with one attached hydrogen (secondary N) is 1. The van der Waals surface area contributed by atoms with E-state index >= 15 is 0 Å². The molecule has 0 aromatic heterocycles. The Morgan fingerprint density at radius 1 is 1.53 bits per heavy atom. The Hall–Kier alpha value is -0.750. The van der Waals surface area contributed by atoms with Gasteiger partial charge >= 0.3 is 0 Å². The highest BCUT2D eigenvalue weighted by molar-refractivity contribution is 7.80. The van der Waals surface area contributed by atoms with Gasteiger partial charge in [-0.2, -0.15) is 12.6 Å². The van der Waals surface area contributed by atoms with Gasteiger partial charge in [0.25, 0.3) is 0 Å². The fraction of sp³-hybridized carbons (Fsp3) is 0.818. The largest absolute Gasteiger partial charge is 0.375 e. The SMILES string of the molecule is CC(=O)NC(CS)C(=O)N1CC(C)OCC1C. The molecule has 1 rings (SSSR count). The lowest BCUT2D eigenvalue weighted by Gasteiger charge is -2.38. The van der Waals surface area contributed by atoms with Gasteiger partial charge in [-0.15, -0.1) is 0 Å². The van der Waals surface area contributed by atoms with E-state index in [0.29, 0.717) is 18.9 Å². The predicted molar refractivity (Wildman–Crippen MR) is 68.0 cm³/mol. The van der Waals surface area contributed by atoms with Crippen molar-refractivity contribution in [3.63, 3.8) is 0 Å². The third-order valence-corrected chi connectivity index (χ3v) is 3.11. The maximum Gasteiger partial charge on any atom is 0.246 e. The predicted octanol–water partition coefficient (Wildman–Crippen LogP) is 0.0567. The number of carbonyl (C=O) groups is 2. The third-order valence-electron chi connectivity index (χ3n) is 2.75. The Morgan fingerprint density at radius 3 is 2.71 bits per heavy atom. The van der Waals surface area contributed by atoms with Gasteiger partial charge in [-0.1, -0.05) is 0 Å². The number of thiol groups is 1. The van der Waals surface area contributed by atoms with Crippen molar-refractivity contribution in [1.82, 2.24) is 10.2 Å². The van der Waals surface area contributed by atoms with Crippen LogP contribution in [0.4, 0.5) is 0 Å². The lowest BCUT2D eigenvalue weighted by atomic mass is 10.1. The number of amides is 2. The molecule has 6 heteroatoms. The quantitative estimate of drug-likeness (QED) is 0.705. The molecule has 1 heterocycles. The van der Waals surface area contributed by atoms with Gasteiger partial charge in [0.05, 0.1) is 18.8 Å². The number of carbonyl (C=O) groups excluding carboxylic acids is 2. The van der Waals surface area contributed by atoms with E-state index in [1.54, 1.807) is 4.90 Å². The molecule has 0 aromatic rings. The van der Waals surface area contributed by atoms with Crippen molar-refractivity contribution in [3.05, 3.63) is 0 Å². The Bertz CT molecular complexity index is 298. The van der Waals surface area contributed by atoms with Crippen LogP contribution in [0.1, 0.15) is 20.8 Å². The molecule has 1 saturated heterocycles. The summed E-state index contributed by atoms with van der Waals surface area (Å²) in [7, 11) is 0. The monoisotopic (exact) mass is 260 g/mol. The summed E-state index contributed by atoms with van der Waals surface area (Å²) in [6.45, 7) is 6.36. The van der Waals surface area contributed by atoms with Crippen LogP contribution in [-0.4, -0.2) is 53.8 Å². The van der Waals surface area contributed by atoms with Crippen LogP contribution in [0.2, 0.25) is 0 Å². The van der Waals surface area contributed by atoms with Crippen LogP contribution in [0.5, 0.6) is 0 Å². The second-order valence-electron chi connectivity index (χ2n) is 4.42. The molecule has 3 atom stereocenters. The second-order valence-corrected chi connectivity index (χ2v) is 4.78. The zero-order valence-electron chi connectivity index (χ0n) is 10.5. The number of rotatable bonds is 3. The zero-order valence-corrected chi connectivity index (χ0v) is 11.4. The van der Waals surface area contributed by atoms with Crippen LogP contribution in [0.3, 0.4) is 0 Å². The fourth-order valence-corrected chi connectivity index (χ4v) is 2.09. The summed E-state index contributed by atoms with van der Waals surface area (Å²) in [6.07, 6.45) is 0.0352. The molecule has 1 aliphatic heterocycles. The first kappa shape index (κ1) is 14.3. The van der Waals surface area contributed by atoms with Crippen LogP contribution in [-0.2, 0) is 14.3 Å². The minimum atomic E-state index is -0.552. The Labute approximate surface area is 107 Å². The van der Waals surface area contributed by atoms with Gasteiger partial charge in [0.1, 0.15) is 6.04 Å². The van der Waals surface area contributed by atoms with Crippen molar-refractivity contribution in [2.24, 2.45) is 0 Å². The Balaban J connectivity index is 2.68. The molecule has 1 N–H and O–H groups in total. The van der Waals surface area contributed by atoms with Crippen LogP contribution >= 0.6 is 12.6 Å². The standard InChI is InChI=1S/C11H20N2O3S/c1-7-5-16-8(2)4-13(7)11(15)10(6-17)12-9(3)14/h7-8,10,17H,4-6H2,1-3H3,(H,12,14). The number of hydrogen-bond donors (Lipinski definition) is 2. The van der Waals surface area contributed by atoms with Gasteiger partial charge in [-0.25, -0.2) is 0 Å². The lowest BCUT2D eigenvalue weighted by Crippen LogP contribution is -2.57. The molecule has 0 saturated carbocycles. The molecule has 0 bridgehead atoms. The van der Waals surface area contributed by atoms with Crippen molar-refractivity contribution in [3.8, 4) is 0 Å². The van der Waals surface area contributed by atoms with E-state index in [2.05, 4.69) is 17.9 Å².